The fourth-order valence-corrected chi connectivity index (χ4v) is 5.72. The minimum absolute atomic E-state index is 0.0235. The van der Waals surface area contributed by atoms with E-state index in [2.05, 4.69) is 10.2 Å². The van der Waals surface area contributed by atoms with E-state index in [-0.39, 0.29) is 23.5 Å². The minimum Gasteiger partial charge on any atom is -0.356 e. The number of rotatable bonds is 4. The van der Waals surface area contributed by atoms with Gasteiger partial charge >= 0.3 is 0 Å². The molecule has 0 saturated carbocycles. The zero-order valence-corrected chi connectivity index (χ0v) is 16.6. The summed E-state index contributed by atoms with van der Waals surface area (Å²) in [6.45, 7) is 2.72. The minimum atomic E-state index is -2.88. The molecule has 28 heavy (non-hydrogen) atoms. The fraction of sp³-hybridized carbons (Fsp3) is 0.381. The van der Waals surface area contributed by atoms with E-state index in [1.807, 2.05) is 59.5 Å². The number of carbonyl (C=O) groups excluding carboxylic acids is 1. The lowest BCUT2D eigenvalue weighted by Gasteiger charge is -2.37. The van der Waals surface area contributed by atoms with Gasteiger partial charge < -0.3 is 10.2 Å². The number of amides is 1. The molecule has 2 aromatic carbocycles. The maximum Gasteiger partial charge on any atom is 0.254 e. The van der Waals surface area contributed by atoms with Gasteiger partial charge in [0.05, 0.1) is 11.5 Å². The van der Waals surface area contributed by atoms with E-state index in [4.69, 9.17) is 0 Å². The summed E-state index contributed by atoms with van der Waals surface area (Å²) in [5.74, 6) is 0.571. The number of hydrogen-bond donors (Lipinski definition) is 1. The number of carbonyl (C=O) groups is 1. The summed E-state index contributed by atoms with van der Waals surface area (Å²) < 4.78 is 23.4. The standard InChI is InChI=1S/C21H25N3O3S/c25-21(17-5-4-8-19(15-17)22-18-6-2-1-3-7-18)24-12-10-23(11-13-24)20-9-14-28(26,27)16-20/h1-8,15,20,22H,9-14,16H2. The van der Waals surface area contributed by atoms with Gasteiger partial charge in [-0.3, -0.25) is 9.69 Å². The molecule has 0 radical (unpaired) electrons. The third-order valence-corrected chi connectivity index (χ3v) is 7.25. The Morgan fingerprint density at radius 1 is 0.929 bits per heavy atom. The van der Waals surface area contributed by atoms with Crippen molar-refractivity contribution in [2.45, 2.75) is 12.5 Å². The largest absolute Gasteiger partial charge is 0.356 e. The number of nitrogens with zero attached hydrogens (tertiary/aromatic N) is 2. The fourth-order valence-electron chi connectivity index (χ4n) is 3.95. The molecule has 148 valence electrons. The molecule has 0 spiro atoms. The van der Waals surface area contributed by atoms with Crippen LogP contribution in [0.25, 0.3) is 0 Å². The van der Waals surface area contributed by atoms with E-state index >= 15 is 0 Å². The molecule has 2 fully saturated rings. The molecule has 1 N–H and O–H groups in total. The van der Waals surface area contributed by atoms with Crippen LogP contribution in [0.4, 0.5) is 11.4 Å². The monoisotopic (exact) mass is 399 g/mol. The van der Waals surface area contributed by atoms with Crippen molar-refractivity contribution in [1.82, 2.24) is 9.80 Å². The molecule has 0 aliphatic carbocycles. The Hall–Kier alpha value is -2.38. The van der Waals surface area contributed by atoms with Crippen molar-refractivity contribution in [2.75, 3.05) is 43.0 Å². The van der Waals surface area contributed by atoms with E-state index in [9.17, 15) is 13.2 Å². The normalized spacial score (nSPS) is 22.1. The van der Waals surface area contributed by atoms with E-state index in [0.29, 0.717) is 25.1 Å². The summed E-state index contributed by atoms with van der Waals surface area (Å²) in [6, 6.07) is 17.5. The molecule has 2 aliphatic heterocycles. The van der Waals surface area contributed by atoms with E-state index in [1.54, 1.807) is 0 Å². The van der Waals surface area contributed by atoms with Crippen LogP contribution in [0, 0.1) is 0 Å². The van der Waals surface area contributed by atoms with Gasteiger partial charge in [-0.2, -0.15) is 0 Å². The quantitative estimate of drug-likeness (QED) is 0.855. The first-order valence-electron chi connectivity index (χ1n) is 9.66. The Morgan fingerprint density at radius 3 is 2.32 bits per heavy atom. The van der Waals surface area contributed by atoms with Crippen molar-refractivity contribution in [3.05, 3.63) is 60.2 Å². The number of nitrogens with one attached hydrogen (secondary N) is 1. The van der Waals surface area contributed by atoms with Crippen molar-refractivity contribution in [3.8, 4) is 0 Å². The average Bonchev–Trinajstić information content (AvgIpc) is 3.08. The third kappa shape index (κ3) is 4.36. The maximum atomic E-state index is 12.9. The Balaban J connectivity index is 1.37. The number of para-hydroxylation sites is 1. The molecule has 0 aromatic heterocycles. The van der Waals surface area contributed by atoms with Crippen molar-refractivity contribution in [3.63, 3.8) is 0 Å². The number of piperazine rings is 1. The smallest absolute Gasteiger partial charge is 0.254 e. The van der Waals surface area contributed by atoms with Crippen LogP contribution in [-0.4, -0.2) is 67.9 Å². The molecular formula is C21H25N3O3S. The molecule has 4 rings (SSSR count). The number of anilines is 2. The Bertz CT molecular complexity index is 938. The number of sulfone groups is 1. The van der Waals surface area contributed by atoms with Gasteiger partial charge in [0.25, 0.3) is 5.91 Å². The predicted molar refractivity (Wildman–Crippen MR) is 111 cm³/mol. The lowest BCUT2D eigenvalue weighted by molar-refractivity contribution is 0.0588. The molecule has 7 heteroatoms. The van der Waals surface area contributed by atoms with Crippen LogP contribution in [0.2, 0.25) is 0 Å². The summed E-state index contributed by atoms with van der Waals surface area (Å²) >= 11 is 0. The lowest BCUT2D eigenvalue weighted by atomic mass is 10.1. The molecule has 2 saturated heterocycles. The van der Waals surface area contributed by atoms with Crippen molar-refractivity contribution < 1.29 is 13.2 Å². The Kier molecular flexibility index (Phi) is 5.37. The highest BCUT2D eigenvalue weighted by atomic mass is 32.2. The van der Waals surface area contributed by atoms with Crippen molar-refractivity contribution in [2.24, 2.45) is 0 Å². The van der Waals surface area contributed by atoms with Gasteiger partial charge in [-0.25, -0.2) is 8.42 Å². The van der Waals surface area contributed by atoms with Gasteiger partial charge in [0, 0.05) is 49.2 Å². The van der Waals surface area contributed by atoms with E-state index in [1.165, 1.54) is 0 Å². The van der Waals surface area contributed by atoms with Gasteiger partial charge in [0.15, 0.2) is 9.84 Å². The second kappa shape index (κ2) is 7.93. The number of hydrogen-bond acceptors (Lipinski definition) is 5. The van der Waals surface area contributed by atoms with E-state index < -0.39 is 9.84 Å². The predicted octanol–water partition coefficient (Wildman–Crippen LogP) is 2.38. The first kappa shape index (κ1) is 19.0. The number of benzene rings is 2. The van der Waals surface area contributed by atoms with Gasteiger partial charge in [0.2, 0.25) is 0 Å². The highest BCUT2D eigenvalue weighted by molar-refractivity contribution is 7.91. The van der Waals surface area contributed by atoms with Crippen LogP contribution in [0.1, 0.15) is 16.8 Å². The molecule has 2 aliphatic rings. The summed E-state index contributed by atoms with van der Waals surface area (Å²) in [5, 5.41) is 3.32. The highest BCUT2D eigenvalue weighted by Crippen LogP contribution is 2.21. The molecule has 1 atom stereocenters. The zero-order chi connectivity index (χ0) is 19.6. The highest BCUT2D eigenvalue weighted by Gasteiger charge is 2.34. The molecular weight excluding hydrogens is 374 g/mol. The van der Waals surface area contributed by atoms with Crippen LogP contribution in [0.15, 0.2) is 54.6 Å². The molecule has 1 unspecified atom stereocenters. The summed E-state index contributed by atoms with van der Waals surface area (Å²) in [4.78, 5) is 17.0. The first-order chi connectivity index (χ1) is 13.5. The van der Waals surface area contributed by atoms with Gasteiger partial charge in [-0.15, -0.1) is 0 Å². The summed E-state index contributed by atoms with van der Waals surface area (Å²) in [7, 11) is -2.88. The molecule has 0 bridgehead atoms. The van der Waals surface area contributed by atoms with Gasteiger partial charge in [-0.05, 0) is 36.8 Å². The first-order valence-corrected chi connectivity index (χ1v) is 11.5. The third-order valence-electron chi connectivity index (χ3n) is 5.50. The summed E-state index contributed by atoms with van der Waals surface area (Å²) in [5.41, 5.74) is 2.52. The van der Waals surface area contributed by atoms with Crippen LogP contribution in [0.5, 0.6) is 0 Å². The lowest BCUT2D eigenvalue weighted by Crippen LogP contribution is -2.52. The summed E-state index contributed by atoms with van der Waals surface area (Å²) in [6.07, 6.45) is 0.712. The SMILES string of the molecule is O=C(c1cccc(Nc2ccccc2)c1)N1CCN(C2CCS(=O)(=O)C2)CC1. The van der Waals surface area contributed by atoms with Crippen molar-refractivity contribution >= 4 is 27.1 Å². The zero-order valence-electron chi connectivity index (χ0n) is 15.8. The van der Waals surface area contributed by atoms with Crippen LogP contribution in [0.3, 0.4) is 0 Å². The van der Waals surface area contributed by atoms with Crippen LogP contribution in [-0.2, 0) is 9.84 Å². The van der Waals surface area contributed by atoms with Gasteiger partial charge in [0.1, 0.15) is 0 Å². The average molecular weight is 400 g/mol. The Morgan fingerprint density at radius 2 is 1.64 bits per heavy atom. The van der Waals surface area contributed by atoms with E-state index in [0.717, 1.165) is 24.5 Å². The molecule has 2 aromatic rings. The topological polar surface area (TPSA) is 69.7 Å². The molecule has 1 amide bonds. The van der Waals surface area contributed by atoms with Crippen LogP contribution < -0.4 is 5.32 Å². The molecule has 2 heterocycles. The second-order valence-corrected chi connectivity index (χ2v) is 9.69. The Labute approximate surface area is 166 Å². The molecule has 6 nitrogen and oxygen atoms in total. The second-order valence-electron chi connectivity index (χ2n) is 7.46. The van der Waals surface area contributed by atoms with Crippen LogP contribution >= 0.6 is 0 Å². The maximum absolute atomic E-state index is 12.9. The van der Waals surface area contributed by atoms with Gasteiger partial charge in [-0.1, -0.05) is 24.3 Å². The van der Waals surface area contributed by atoms with Crippen molar-refractivity contribution in [1.29, 1.82) is 0 Å².